The lowest BCUT2D eigenvalue weighted by Crippen LogP contribution is -1.94. The summed E-state index contributed by atoms with van der Waals surface area (Å²) in [5.41, 5.74) is 0. The molecule has 57 valence electrons. The van der Waals surface area contributed by atoms with Crippen LogP contribution in [0.1, 0.15) is 32.6 Å². The van der Waals surface area contributed by atoms with Crippen molar-refractivity contribution in [1.82, 2.24) is 0 Å². The number of nitrogens with zero attached hydrogens (tertiary/aromatic N) is 1. The minimum absolute atomic E-state index is 0.00185. The van der Waals surface area contributed by atoms with Crippen LogP contribution in [0.15, 0.2) is 0 Å². The van der Waals surface area contributed by atoms with E-state index in [1.807, 2.05) is 6.92 Å². The first-order chi connectivity index (χ1) is 4.85. The van der Waals surface area contributed by atoms with Gasteiger partial charge in [-0.3, -0.25) is 0 Å². The maximum atomic E-state index is 10.0. The number of nitriles is 1. The Hall–Kier alpha value is -0.550. The van der Waals surface area contributed by atoms with Gasteiger partial charge in [0.1, 0.15) is 0 Å². The molecule has 10 heavy (non-hydrogen) atoms. The third-order valence-electron chi connectivity index (χ3n) is 1.62. The van der Waals surface area contributed by atoms with Crippen LogP contribution >= 0.6 is 0 Å². The van der Waals surface area contributed by atoms with Gasteiger partial charge in [0.25, 0.3) is 0 Å². The van der Waals surface area contributed by atoms with Gasteiger partial charge >= 0.3 is 0 Å². The summed E-state index contributed by atoms with van der Waals surface area (Å²) >= 11 is 0. The Morgan fingerprint density at radius 3 is 2.60 bits per heavy atom. The molecule has 0 aromatic rings. The molecule has 0 aromatic carbocycles. The zero-order valence-electron chi connectivity index (χ0n) is 6.47. The summed E-state index contributed by atoms with van der Waals surface area (Å²) in [4.78, 5) is 0. The van der Waals surface area contributed by atoms with Gasteiger partial charge in [0.05, 0.1) is 12.7 Å². The van der Waals surface area contributed by atoms with E-state index in [-0.39, 0.29) is 12.5 Å². The molecule has 0 aliphatic heterocycles. The summed E-state index contributed by atoms with van der Waals surface area (Å²) < 4.78 is 0. The number of rotatable bonds is 5. The maximum absolute atomic E-state index is 10.0. The van der Waals surface area contributed by atoms with E-state index in [0.717, 1.165) is 25.7 Å². The second-order valence-corrected chi connectivity index (χ2v) is 2.43. The molecule has 0 spiro atoms. The quantitative estimate of drug-likeness (QED) is 0.539. The molecule has 1 atom stereocenters. The highest BCUT2D eigenvalue weighted by Crippen LogP contribution is 2.10. The molecule has 2 nitrogen and oxygen atoms in total. The van der Waals surface area contributed by atoms with Crippen molar-refractivity contribution in [3.05, 3.63) is 0 Å². The molecule has 0 amide bonds. The van der Waals surface area contributed by atoms with Crippen LogP contribution in [0.2, 0.25) is 0 Å². The third-order valence-corrected chi connectivity index (χ3v) is 1.62. The molecule has 0 N–H and O–H groups in total. The molecule has 0 saturated carbocycles. The Labute approximate surface area is 62.5 Å². The predicted octanol–water partition coefficient (Wildman–Crippen LogP) is 2.14. The normalized spacial score (nSPS) is 12.5. The minimum Gasteiger partial charge on any atom is -0.237 e. The molecule has 0 aromatic heterocycles. The van der Waals surface area contributed by atoms with Gasteiger partial charge in [0.2, 0.25) is 0 Å². The van der Waals surface area contributed by atoms with Crippen molar-refractivity contribution in [2.75, 3.05) is 6.61 Å². The molecule has 0 bridgehead atoms. The Kier molecular flexibility index (Phi) is 6.21. The SMILES string of the molecule is CCC(C#N)CCCC[O]. The van der Waals surface area contributed by atoms with E-state index in [9.17, 15) is 5.11 Å². The van der Waals surface area contributed by atoms with Gasteiger partial charge in [-0.1, -0.05) is 6.92 Å². The average Bonchev–Trinajstić information content (AvgIpc) is 1.99. The van der Waals surface area contributed by atoms with Crippen molar-refractivity contribution in [1.29, 1.82) is 5.26 Å². The second-order valence-electron chi connectivity index (χ2n) is 2.43. The van der Waals surface area contributed by atoms with Gasteiger partial charge in [0, 0.05) is 5.92 Å². The first kappa shape index (κ1) is 9.45. The lowest BCUT2D eigenvalue weighted by atomic mass is 10.0. The Morgan fingerprint density at radius 2 is 2.20 bits per heavy atom. The van der Waals surface area contributed by atoms with Crippen LogP contribution in [0.5, 0.6) is 0 Å². The van der Waals surface area contributed by atoms with Crippen LogP contribution in [0.3, 0.4) is 0 Å². The van der Waals surface area contributed by atoms with Gasteiger partial charge < -0.3 is 0 Å². The van der Waals surface area contributed by atoms with Gasteiger partial charge in [-0.15, -0.1) is 0 Å². The summed E-state index contributed by atoms with van der Waals surface area (Å²) in [6.45, 7) is 2.01. The summed E-state index contributed by atoms with van der Waals surface area (Å²) in [5.74, 6) is 0.173. The van der Waals surface area contributed by atoms with Crippen LogP contribution in [0.25, 0.3) is 0 Å². The maximum Gasteiger partial charge on any atom is 0.0822 e. The van der Waals surface area contributed by atoms with Gasteiger partial charge in [-0.05, 0) is 25.7 Å². The van der Waals surface area contributed by atoms with Crippen molar-refractivity contribution in [3.8, 4) is 6.07 Å². The van der Waals surface area contributed by atoms with E-state index in [1.165, 1.54) is 0 Å². The predicted molar refractivity (Wildman–Crippen MR) is 38.8 cm³/mol. The zero-order valence-corrected chi connectivity index (χ0v) is 6.47. The van der Waals surface area contributed by atoms with E-state index in [4.69, 9.17) is 5.26 Å². The fourth-order valence-corrected chi connectivity index (χ4v) is 0.853. The fourth-order valence-electron chi connectivity index (χ4n) is 0.853. The largest absolute Gasteiger partial charge is 0.237 e. The van der Waals surface area contributed by atoms with Crippen LogP contribution in [0, 0.1) is 17.2 Å². The molecule has 1 unspecified atom stereocenters. The fraction of sp³-hybridized carbons (Fsp3) is 0.875. The van der Waals surface area contributed by atoms with Gasteiger partial charge in [0.15, 0.2) is 0 Å². The van der Waals surface area contributed by atoms with E-state index < -0.39 is 0 Å². The van der Waals surface area contributed by atoms with Gasteiger partial charge in [-0.2, -0.15) is 5.26 Å². The molecule has 2 heteroatoms. The third kappa shape index (κ3) is 4.34. The Morgan fingerprint density at radius 1 is 1.50 bits per heavy atom. The lowest BCUT2D eigenvalue weighted by Gasteiger charge is -2.02. The highest BCUT2D eigenvalue weighted by atomic mass is 16.2. The molecule has 0 rings (SSSR count). The molecular weight excluding hydrogens is 126 g/mol. The number of unbranched alkanes of at least 4 members (excludes halogenated alkanes) is 1. The van der Waals surface area contributed by atoms with E-state index in [2.05, 4.69) is 6.07 Å². The van der Waals surface area contributed by atoms with Gasteiger partial charge in [-0.25, -0.2) is 5.11 Å². The highest BCUT2D eigenvalue weighted by Gasteiger charge is 2.02. The topological polar surface area (TPSA) is 43.7 Å². The van der Waals surface area contributed by atoms with Crippen LogP contribution < -0.4 is 0 Å². The first-order valence-corrected chi connectivity index (χ1v) is 3.82. The van der Waals surface area contributed by atoms with Crippen molar-refractivity contribution >= 4 is 0 Å². The van der Waals surface area contributed by atoms with E-state index in [1.54, 1.807) is 0 Å². The van der Waals surface area contributed by atoms with Crippen LogP contribution in [-0.2, 0) is 5.11 Å². The second kappa shape index (κ2) is 6.57. The molecule has 0 aliphatic rings. The van der Waals surface area contributed by atoms with Crippen LogP contribution in [0.4, 0.5) is 0 Å². The minimum atomic E-state index is 0.00185. The summed E-state index contributed by atoms with van der Waals surface area (Å²) in [6.07, 6.45) is 3.44. The first-order valence-electron chi connectivity index (χ1n) is 3.82. The molecule has 0 heterocycles. The lowest BCUT2D eigenvalue weighted by molar-refractivity contribution is 0.185. The summed E-state index contributed by atoms with van der Waals surface area (Å²) in [7, 11) is 0. The molecule has 0 saturated heterocycles. The average molecular weight is 140 g/mol. The summed E-state index contributed by atoms with van der Waals surface area (Å²) in [5, 5.41) is 18.5. The molecule has 1 radical (unpaired) electrons. The van der Waals surface area contributed by atoms with Crippen LogP contribution in [-0.4, -0.2) is 6.61 Å². The zero-order chi connectivity index (χ0) is 7.82. The number of hydrogen-bond donors (Lipinski definition) is 0. The number of hydrogen-bond acceptors (Lipinski definition) is 1. The van der Waals surface area contributed by atoms with Crippen molar-refractivity contribution in [3.63, 3.8) is 0 Å². The Bertz CT molecular complexity index is 106. The highest BCUT2D eigenvalue weighted by molar-refractivity contribution is 4.80. The molecular formula is C8H14NO. The van der Waals surface area contributed by atoms with E-state index in [0.29, 0.717) is 0 Å². The van der Waals surface area contributed by atoms with E-state index >= 15 is 0 Å². The molecule has 0 aliphatic carbocycles. The smallest absolute Gasteiger partial charge is 0.0822 e. The van der Waals surface area contributed by atoms with Crippen molar-refractivity contribution < 1.29 is 5.11 Å². The van der Waals surface area contributed by atoms with Crippen molar-refractivity contribution in [2.45, 2.75) is 32.6 Å². The summed E-state index contributed by atoms with van der Waals surface area (Å²) in [6, 6.07) is 2.21. The Balaban J connectivity index is 3.20. The molecule has 0 fully saturated rings. The van der Waals surface area contributed by atoms with Crippen molar-refractivity contribution in [2.24, 2.45) is 5.92 Å². The standard InChI is InChI=1S/C8H14NO/c1-2-8(7-9)5-3-4-6-10/h8H,2-6H2,1H3. The monoisotopic (exact) mass is 140 g/mol.